The molecule has 1 aliphatic heterocycles. The van der Waals surface area contributed by atoms with E-state index in [0.717, 1.165) is 28.2 Å². The van der Waals surface area contributed by atoms with E-state index < -0.39 is 0 Å². The summed E-state index contributed by atoms with van der Waals surface area (Å²) in [7, 11) is 1.88. The largest absolute Gasteiger partial charge is 0.388 e. The molecule has 0 radical (unpaired) electrons. The van der Waals surface area contributed by atoms with Gasteiger partial charge in [0.25, 0.3) is 0 Å². The fraction of sp³-hybridized carbons (Fsp3) is 0.143. The van der Waals surface area contributed by atoms with Gasteiger partial charge in [0.1, 0.15) is 0 Å². The number of benzene rings is 1. The number of hydrogen-bond acceptors (Lipinski definition) is 2. The van der Waals surface area contributed by atoms with Gasteiger partial charge in [-0.25, -0.2) is 0 Å². The van der Waals surface area contributed by atoms with Gasteiger partial charge in [0.2, 0.25) is 0 Å². The highest BCUT2D eigenvalue weighted by atomic mass is 14.9. The Hall–Kier alpha value is -1.96. The lowest BCUT2D eigenvalue weighted by Gasteiger charge is -2.25. The SMILES string of the molecule is C=C1Nc2ccccc2C(C(=C)NC)=C1C. The predicted octanol–water partition coefficient (Wildman–Crippen LogP) is 3.13. The molecule has 0 saturated carbocycles. The van der Waals surface area contributed by atoms with Crippen LogP contribution in [-0.2, 0) is 0 Å². The molecule has 0 aliphatic carbocycles. The van der Waals surface area contributed by atoms with Crippen LogP contribution in [0.4, 0.5) is 5.69 Å². The van der Waals surface area contributed by atoms with Gasteiger partial charge < -0.3 is 10.6 Å². The summed E-state index contributed by atoms with van der Waals surface area (Å²) in [6.07, 6.45) is 0. The minimum atomic E-state index is 0.924. The fourth-order valence-corrected chi connectivity index (χ4v) is 1.93. The second kappa shape index (κ2) is 3.89. The Balaban J connectivity index is 2.65. The van der Waals surface area contributed by atoms with Crippen LogP contribution in [-0.4, -0.2) is 7.05 Å². The van der Waals surface area contributed by atoms with Crippen molar-refractivity contribution in [1.82, 2.24) is 5.32 Å². The molecule has 2 nitrogen and oxygen atoms in total. The minimum Gasteiger partial charge on any atom is -0.388 e. The van der Waals surface area contributed by atoms with E-state index in [1.807, 2.05) is 19.2 Å². The second-order valence-electron chi connectivity index (χ2n) is 3.88. The van der Waals surface area contributed by atoms with Crippen molar-refractivity contribution >= 4 is 11.3 Å². The van der Waals surface area contributed by atoms with Crippen molar-refractivity contribution in [3.05, 3.63) is 60.0 Å². The Labute approximate surface area is 96.4 Å². The van der Waals surface area contributed by atoms with Crippen molar-refractivity contribution in [3.63, 3.8) is 0 Å². The van der Waals surface area contributed by atoms with Gasteiger partial charge in [0.15, 0.2) is 0 Å². The van der Waals surface area contributed by atoms with Gasteiger partial charge in [0.05, 0.1) is 0 Å². The molecule has 0 amide bonds. The highest BCUT2D eigenvalue weighted by molar-refractivity contribution is 5.92. The van der Waals surface area contributed by atoms with E-state index >= 15 is 0 Å². The highest BCUT2D eigenvalue weighted by Gasteiger charge is 2.19. The Morgan fingerprint density at radius 2 is 2.00 bits per heavy atom. The van der Waals surface area contributed by atoms with Crippen LogP contribution in [0.3, 0.4) is 0 Å². The summed E-state index contributed by atoms with van der Waals surface area (Å²) in [6.45, 7) is 10.1. The molecule has 2 N–H and O–H groups in total. The zero-order valence-corrected chi connectivity index (χ0v) is 9.72. The number of rotatable bonds is 2. The maximum absolute atomic E-state index is 4.04. The lowest BCUT2D eigenvalue weighted by atomic mass is 9.92. The van der Waals surface area contributed by atoms with Crippen molar-refractivity contribution in [2.75, 3.05) is 12.4 Å². The quantitative estimate of drug-likeness (QED) is 0.787. The molecule has 0 saturated heterocycles. The van der Waals surface area contributed by atoms with Crippen LogP contribution in [0, 0.1) is 0 Å². The molecule has 1 aromatic rings. The lowest BCUT2D eigenvalue weighted by Crippen LogP contribution is -2.15. The summed E-state index contributed by atoms with van der Waals surface area (Å²) in [5, 5.41) is 6.40. The summed E-state index contributed by atoms with van der Waals surface area (Å²) >= 11 is 0. The molecule has 1 heterocycles. The maximum Gasteiger partial charge on any atom is 0.0464 e. The first-order chi connectivity index (χ1) is 7.65. The molecule has 1 aromatic carbocycles. The van der Waals surface area contributed by atoms with Crippen LogP contribution in [0.2, 0.25) is 0 Å². The Kier molecular flexibility index (Phi) is 2.57. The molecule has 0 spiro atoms. The predicted molar refractivity (Wildman–Crippen MR) is 70.0 cm³/mol. The van der Waals surface area contributed by atoms with Crippen LogP contribution in [0.5, 0.6) is 0 Å². The smallest absolute Gasteiger partial charge is 0.0464 e. The number of likely N-dealkylation sites (N-methyl/N-ethyl adjacent to an activating group) is 1. The third-order valence-electron chi connectivity index (χ3n) is 2.91. The number of anilines is 1. The third-order valence-corrected chi connectivity index (χ3v) is 2.91. The topological polar surface area (TPSA) is 24.1 Å². The minimum absolute atomic E-state index is 0.924. The standard InChI is InChI=1S/C14H16N2/c1-9-10(2)16-13-8-6-5-7-12(13)14(9)11(3)15-4/h5-8,15-16H,2-3H2,1,4H3. The first kappa shape index (κ1) is 10.6. The summed E-state index contributed by atoms with van der Waals surface area (Å²) in [4.78, 5) is 0. The Bertz CT molecular complexity index is 495. The van der Waals surface area contributed by atoms with Crippen molar-refractivity contribution in [2.45, 2.75) is 6.92 Å². The number of fused-ring (bicyclic) bond motifs is 1. The zero-order chi connectivity index (χ0) is 11.7. The first-order valence-corrected chi connectivity index (χ1v) is 5.28. The van der Waals surface area contributed by atoms with Gasteiger partial charge in [-0.2, -0.15) is 0 Å². The molecule has 0 unspecified atom stereocenters. The number of para-hydroxylation sites is 1. The van der Waals surface area contributed by atoms with Crippen LogP contribution >= 0.6 is 0 Å². The summed E-state index contributed by atoms with van der Waals surface area (Å²) < 4.78 is 0. The lowest BCUT2D eigenvalue weighted by molar-refractivity contribution is 1.04. The maximum atomic E-state index is 4.04. The van der Waals surface area contributed by atoms with E-state index in [4.69, 9.17) is 0 Å². The van der Waals surface area contributed by atoms with E-state index in [9.17, 15) is 0 Å². The van der Waals surface area contributed by atoms with E-state index in [1.165, 1.54) is 5.56 Å². The summed E-state index contributed by atoms with van der Waals surface area (Å²) in [5.41, 5.74) is 6.40. The van der Waals surface area contributed by atoms with Gasteiger partial charge in [-0.05, 0) is 18.6 Å². The van der Waals surface area contributed by atoms with Gasteiger partial charge in [-0.3, -0.25) is 0 Å². The molecule has 2 heteroatoms. The van der Waals surface area contributed by atoms with Gasteiger partial charge in [0, 0.05) is 35.3 Å². The van der Waals surface area contributed by atoms with Crippen molar-refractivity contribution in [2.24, 2.45) is 0 Å². The average Bonchev–Trinajstić information content (AvgIpc) is 2.30. The zero-order valence-electron chi connectivity index (χ0n) is 9.72. The van der Waals surface area contributed by atoms with Crippen molar-refractivity contribution in [3.8, 4) is 0 Å². The van der Waals surface area contributed by atoms with E-state index in [2.05, 4.69) is 42.8 Å². The Morgan fingerprint density at radius 1 is 1.31 bits per heavy atom. The van der Waals surface area contributed by atoms with Gasteiger partial charge in [-0.1, -0.05) is 31.4 Å². The number of nitrogens with one attached hydrogen (secondary N) is 2. The Morgan fingerprint density at radius 3 is 2.69 bits per heavy atom. The van der Waals surface area contributed by atoms with Gasteiger partial charge >= 0.3 is 0 Å². The van der Waals surface area contributed by atoms with E-state index in [1.54, 1.807) is 0 Å². The third kappa shape index (κ3) is 1.52. The van der Waals surface area contributed by atoms with Crippen molar-refractivity contribution in [1.29, 1.82) is 0 Å². The second-order valence-corrected chi connectivity index (χ2v) is 3.88. The molecule has 0 aromatic heterocycles. The first-order valence-electron chi connectivity index (χ1n) is 5.28. The molecule has 0 bridgehead atoms. The fourth-order valence-electron chi connectivity index (χ4n) is 1.93. The molecule has 1 aliphatic rings. The molecular weight excluding hydrogens is 196 g/mol. The van der Waals surface area contributed by atoms with Gasteiger partial charge in [-0.15, -0.1) is 0 Å². The summed E-state index contributed by atoms with van der Waals surface area (Å²) in [5.74, 6) is 0. The molecule has 2 rings (SSSR count). The summed E-state index contributed by atoms with van der Waals surface area (Å²) in [6, 6.07) is 8.19. The normalized spacial score (nSPS) is 14.2. The monoisotopic (exact) mass is 212 g/mol. The van der Waals surface area contributed by atoms with Crippen LogP contribution in [0.15, 0.2) is 54.4 Å². The van der Waals surface area contributed by atoms with Crippen LogP contribution in [0.25, 0.3) is 5.57 Å². The van der Waals surface area contributed by atoms with Crippen LogP contribution in [0.1, 0.15) is 12.5 Å². The van der Waals surface area contributed by atoms with Crippen LogP contribution < -0.4 is 10.6 Å². The molecular formula is C14H16N2. The highest BCUT2D eigenvalue weighted by Crippen LogP contribution is 2.37. The molecule has 82 valence electrons. The molecule has 0 atom stereocenters. The van der Waals surface area contributed by atoms with Crippen molar-refractivity contribution < 1.29 is 0 Å². The molecule has 16 heavy (non-hydrogen) atoms. The number of hydrogen-bond donors (Lipinski definition) is 2. The van der Waals surface area contributed by atoms with E-state index in [0.29, 0.717) is 0 Å². The van der Waals surface area contributed by atoms with E-state index in [-0.39, 0.29) is 0 Å². The molecule has 0 fully saturated rings. The average molecular weight is 212 g/mol. The number of allylic oxidation sites excluding steroid dienone is 2.